The lowest BCUT2D eigenvalue weighted by molar-refractivity contribution is 0.161. The maximum absolute atomic E-state index is 5.35. The number of hydrogen-bond donors (Lipinski definition) is 1. The van der Waals surface area contributed by atoms with Crippen molar-refractivity contribution in [1.82, 2.24) is 4.90 Å². The standard InChI is InChI=1S/C11H20N2/c1-10(2)13-8-4-6-11(9-13)5-3-7-12/h10-11H,4,6-9,12H2,1-2H3. The summed E-state index contributed by atoms with van der Waals surface area (Å²) in [5.74, 6) is 6.77. The summed E-state index contributed by atoms with van der Waals surface area (Å²) in [4.78, 5) is 2.50. The van der Waals surface area contributed by atoms with E-state index in [-0.39, 0.29) is 0 Å². The fourth-order valence-electron chi connectivity index (χ4n) is 1.80. The Bertz CT molecular complexity index is 200. The van der Waals surface area contributed by atoms with Crippen LogP contribution in [0.3, 0.4) is 0 Å². The molecule has 0 aliphatic carbocycles. The average molecular weight is 180 g/mol. The van der Waals surface area contributed by atoms with Gasteiger partial charge < -0.3 is 5.73 Å². The summed E-state index contributed by atoms with van der Waals surface area (Å²) in [6.45, 7) is 7.36. The number of hydrogen-bond acceptors (Lipinski definition) is 2. The highest BCUT2D eigenvalue weighted by Crippen LogP contribution is 2.17. The third kappa shape index (κ3) is 3.38. The zero-order chi connectivity index (χ0) is 9.68. The van der Waals surface area contributed by atoms with Crippen molar-refractivity contribution in [3.63, 3.8) is 0 Å². The van der Waals surface area contributed by atoms with Crippen LogP contribution in [0.25, 0.3) is 0 Å². The highest BCUT2D eigenvalue weighted by atomic mass is 15.1. The molecule has 0 amide bonds. The van der Waals surface area contributed by atoms with E-state index in [0.29, 0.717) is 18.5 Å². The Morgan fingerprint density at radius 3 is 2.92 bits per heavy atom. The third-order valence-electron chi connectivity index (χ3n) is 2.59. The first-order chi connectivity index (χ1) is 6.24. The SMILES string of the molecule is CC(C)N1CCCC(C#CCN)C1. The first-order valence-electron chi connectivity index (χ1n) is 5.16. The molecule has 1 saturated heterocycles. The Morgan fingerprint density at radius 1 is 1.54 bits per heavy atom. The molecule has 1 aliphatic rings. The minimum Gasteiger partial charge on any atom is -0.320 e. The van der Waals surface area contributed by atoms with Crippen molar-refractivity contribution < 1.29 is 0 Å². The minimum atomic E-state index is 0.498. The van der Waals surface area contributed by atoms with E-state index in [9.17, 15) is 0 Å². The molecule has 0 aromatic rings. The zero-order valence-corrected chi connectivity index (χ0v) is 8.71. The van der Waals surface area contributed by atoms with E-state index >= 15 is 0 Å². The molecule has 0 saturated carbocycles. The maximum Gasteiger partial charge on any atom is 0.0551 e. The lowest BCUT2D eigenvalue weighted by atomic mass is 9.97. The van der Waals surface area contributed by atoms with Crippen LogP contribution in [0, 0.1) is 17.8 Å². The van der Waals surface area contributed by atoms with Gasteiger partial charge >= 0.3 is 0 Å². The molecular formula is C11H20N2. The molecule has 1 fully saturated rings. The molecule has 1 unspecified atom stereocenters. The van der Waals surface area contributed by atoms with Crippen LogP contribution in [0.5, 0.6) is 0 Å². The summed E-state index contributed by atoms with van der Waals surface area (Å²) in [6.07, 6.45) is 2.53. The molecule has 0 radical (unpaired) electrons. The first kappa shape index (κ1) is 10.6. The van der Waals surface area contributed by atoms with Crippen molar-refractivity contribution >= 4 is 0 Å². The summed E-state index contributed by atoms with van der Waals surface area (Å²) in [7, 11) is 0. The fourth-order valence-corrected chi connectivity index (χ4v) is 1.80. The highest BCUT2D eigenvalue weighted by molar-refractivity contribution is 5.06. The lowest BCUT2D eigenvalue weighted by Gasteiger charge is -2.33. The summed E-state index contributed by atoms with van der Waals surface area (Å²) in [5, 5.41) is 0. The van der Waals surface area contributed by atoms with Crippen molar-refractivity contribution in [2.45, 2.75) is 32.7 Å². The largest absolute Gasteiger partial charge is 0.320 e. The van der Waals surface area contributed by atoms with Gasteiger partial charge in [0.25, 0.3) is 0 Å². The van der Waals surface area contributed by atoms with Gasteiger partial charge in [0.1, 0.15) is 0 Å². The first-order valence-corrected chi connectivity index (χ1v) is 5.16. The maximum atomic E-state index is 5.35. The Morgan fingerprint density at radius 2 is 2.31 bits per heavy atom. The van der Waals surface area contributed by atoms with Crippen molar-refractivity contribution in [3.05, 3.63) is 0 Å². The van der Waals surface area contributed by atoms with Crippen molar-refractivity contribution in [2.75, 3.05) is 19.6 Å². The van der Waals surface area contributed by atoms with E-state index in [0.717, 1.165) is 6.54 Å². The molecule has 1 atom stereocenters. The van der Waals surface area contributed by atoms with Crippen LogP contribution in [0.4, 0.5) is 0 Å². The Labute approximate surface area is 81.5 Å². The lowest BCUT2D eigenvalue weighted by Crippen LogP contribution is -2.39. The van der Waals surface area contributed by atoms with E-state index in [2.05, 4.69) is 30.6 Å². The normalized spacial score (nSPS) is 24.2. The van der Waals surface area contributed by atoms with Crippen LogP contribution in [-0.2, 0) is 0 Å². The van der Waals surface area contributed by atoms with Crippen LogP contribution >= 0.6 is 0 Å². The summed E-state index contributed by atoms with van der Waals surface area (Å²) in [6, 6.07) is 0.655. The number of nitrogens with two attached hydrogens (primary N) is 1. The Hall–Kier alpha value is -0.520. The van der Waals surface area contributed by atoms with Gasteiger partial charge in [-0.1, -0.05) is 11.8 Å². The zero-order valence-electron chi connectivity index (χ0n) is 8.71. The molecule has 1 heterocycles. The van der Waals surface area contributed by atoms with Crippen molar-refractivity contribution in [1.29, 1.82) is 0 Å². The van der Waals surface area contributed by atoms with Crippen LogP contribution in [0.2, 0.25) is 0 Å². The van der Waals surface area contributed by atoms with Gasteiger partial charge in [0.05, 0.1) is 6.54 Å². The average Bonchev–Trinajstić information content (AvgIpc) is 2.15. The van der Waals surface area contributed by atoms with E-state index in [1.165, 1.54) is 19.4 Å². The van der Waals surface area contributed by atoms with Gasteiger partial charge in [0.2, 0.25) is 0 Å². The number of nitrogens with zero attached hydrogens (tertiary/aromatic N) is 1. The quantitative estimate of drug-likeness (QED) is 0.612. The molecule has 0 bridgehead atoms. The molecule has 0 aromatic carbocycles. The monoisotopic (exact) mass is 180 g/mol. The Kier molecular flexibility index (Phi) is 4.27. The van der Waals surface area contributed by atoms with Gasteiger partial charge in [-0.3, -0.25) is 4.90 Å². The van der Waals surface area contributed by atoms with Gasteiger partial charge in [-0.15, -0.1) is 0 Å². The number of piperidine rings is 1. The van der Waals surface area contributed by atoms with Crippen LogP contribution in [0.15, 0.2) is 0 Å². The van der Waals surface area contributed by atoms with E-state index in [1.54, 1.807) is 0 Å². The van der Waals surface area contributed by atoms with Gasteiger partial charge in [-0.2, -0.15) is 0 Å². The fraction of sp³-hybridized carbons (Fsp3) is 0.818. The van der Waals surface area contributed by atoms with E-state index < -0.39 is 0 Å². The number of rotatable bonds is 1. The van der Waals surface area contributed by atoms with E-state index in [1.807, 2.05) is 0 Å². The molecule has 13 heavy (non-hydrogen) atoms. The highest BCUT2D eigenvalue weighted by Gasteiger charge is 2.19. The van der Waals surface area contributed by atoms with Crippen molar-refractivity contribution in [3.8, 4) is 11.8 Å². The summed E-state index contributed by atoms with van der Waals surface area (Å²) >= 11 is 0. The molecule has 74 valence electrons. The molecule has 0 aromatic heterocycles. The second-order valence-electron chi connectivity index (χ2n) is 3.95. The predicted molar refractivity (Wildman–Crippen MR) is 56.3 cm³/mol. The minimum absolute atomic E-state index is 0.498. The summed E-state index contributed by atoms with van der Waals surface area (Å²) in [5.41, 5.74) is 5.35. The molecule has 1 aliphatic heterocycles. The summed E-state index contributed by atoms with van der Waals surface area (Å²) < 4.78 is 0. The van der Waals surface area contributed by atoms with Crippen LogP contribution in [0.1, 0.15) is 26.7 Å². The molecule has 2 nitrogen and oxygen atoms in total. The molecule has 0 spiro atoms. The van der Waals surface area contributed by atoms with Crippen molar-refractivity contribution in [2.24, 2.45) is 11.7 Å². The number of likely N-dealkylation sites (tertiary alicyclic amines) is 1. The van der Waals surface area contributed by atoms with E-state index in [4.69, 9.17) is 5.73 Å². The molecule has 2 heteroatoms. The van der Waals surface area contributed by atoms with Gasteiger partial charge in [0, 0.05) is 18.5 Å². The van der Waals surface area contributed by atoms with Crippen LogP contribution < -0.4 is 5.73 Å². The predicted octanol–water partition coefficient (Wildman–Crippen LogP) is 1.07. The molecule has 2 N–H and O–H groups in total. The van der Waals surface area contributed by atoms with Gasteiger partial charge in [-0.05, 0) is 33.2 Å². The molecular weight excluding hydrogens is 160 g/mol. The van der Waals surface area contributed by atoms with Gasteiger partial charge in [0.15, 0.2) is 0 Å². The Balaban J connectivity index is 2.42. The second-order valence-corrected chi connectivity index (χ2v) is 3.95. The third-order valence-corrected chi connectivity index (χ3v) is 2.59. The second kappa shape index (κ2) is 5.26. The topological polar surface area (TPSA) is 29.3 Å². The van der Waals surface area contributed by atoms with Gasteiger partial charge in [-0.25, -0.2) is 0 Å². The van der Waals surface area contributed by atoms with Crippen LogP contribution in [-0.4, -0.2) is 30.6 Å². The smallest absolute Gasteiger partial charge is 0.0551 e. The molecule has 1 rings (SSSR count).